The van der Waals surface area contributed by atoms with E-state index in [0.717, 1.165) is 47.4 Å². The molecule has 1 fully saturated rings. The second-order valence-electron chi connectivity index (χ2n) is 4.60. The van der Waals surface area contributed by atoms with Crippen LogP contribution in [0, 0.1) is 0 Å². The van der Waals surface area contributed by atoms with Gasteiger partial charge in [0.15, 0.2) is 5.65 Å². The van der Waals surface area contributed by atoms with Gasteiger partial charge in [0.2, 0.25) is 0 Å². The Labute approximate surface area is 114 Å². The molecule has 0 unspecified atom stereocenters. The van der Waals surface area contributed by atoms with Gasteiger partial charge in [-0.1, -0.05) is 0 Å². The summed E-state index contributed by atoms with van der Waals surface area (Å²) < 4.78 is 2.88. The maximum atomic E-state index is 5.74. The summed E-state index contributed by atoms with van der Waals surface area (Å²) in [6, 6.07) is 1.92. The highest BCUT2D eigenvalue weighted by molar-refractivity contribution is 9.10. The van der Waals surface area contributed by atoms with Crippen LogP contribution in [0.5, 0.6) is 0 Å². The van der Waals surface area contributed by atoms with E-state index in [1.165, 1.54) is 0 Å². The van der Waals surface area contributed by atoms with E-state index in [9.17, 15) is 0 Å². The molecule has 0 aromatic carbocycles. The Morgan fingerprint density at radius 2 is 2.22 bits per heavy atom. The zero-order chi connectivity index (χ0) is 12.5. The second kappa shape index (κ2) is 4.95. The largest absolute Gasteiger partial charge is 0.325 e. The number of hydrogen-bond acceptors (Lipinski definition) is 4. The molecule has 3 heterocycles. The Morgan fingerprint density at radius 3 is 2.94 bits per heavy atom. The first kappa shape index (κ1) is 12.1. The fraction of sp³-hybridized carbons (Fsp3) is 0.500. The lowest BCUT2D eigenvalue weighted by Gasteiger charge is -2.20. The van der Waals surface area contributed by atoms with Crippen LogP contribution in [0.15, 0.2) is 16.7 Å². The molecular weight excluding hydrogens is 294 g/mol. The van der Waals surface area contributed by atoms with Crippen molar-refractivity contribution < 1.29 is 0 Å². The first-order valence-electron chi connectivity index (χ1n) is 6.24. The number of nitrogens with one attached hydrogen (secondary N) is 1. The van der Waals surface area contributed by atoms with E-state index in [2.05, 4.69) is 26.2 Å². The summed E-state index contributed by atoms with van der Waals surface area (Å²) in [5.74, 6) is 0.507. The summed E-state index contributed by atoms with van der Waals surface area (Å²) in [7, 11) is 0. The van der Waals surface area contributed by atoms with Crippen LogP contribution in [0.25, 0.3) is 5.65 Å². The van der Waals surface area contributed by atoms with Crippen LogP contribution >= 0.6 is 15.9 Å². The van der Waals surface area contributed by atoms with Crippen molar-refractivity contribution in [3.05, 3.63) is 28.1 Å². The van der Waals surface area contributed by atoms with Crippen molar-refractivity contribution in [1.29, 1.82) is 0 Å². The highest BCUT2D eigenvalue weighted by atomic mass is 79.9. The number of halogens is 1. The van der Waals surface area contributed by atoms with Gasteiger partial charge >= 0.3 is 0 Å². The molecule has 0 radical (unpaired) electrons. The lowest BCUT2D eigenvalue weighted by Crippen LogP contribution is -2.27. The Hall–Kier alpha value is -0.980. The molecule has 3 rings (SSSR count). The minimum absolute atomic E-state index is 0.471. The van der Waals surface area contributed by atoms with Gasteiger partial charge in [-0.15, -0.1) is 0 Å². The van der Waals surface area contributed by atoms with Gasteiger partial charge in [0.05, 0.1) is 15.9 Å². The summed E-state index contributed by atoms with van der Waals surface area (Å²) in [6.07, 6.45) is 4.04. The quantitative estimate of drug-likeness (QED) is 0.880. The molecular formula is C12H16BrN5. The van der Waals surface area contributed by atoms with Crippen LogP contribution in [-0.2, 0) is 6.54 Å². The molecule has 18 heavy (non-hydrogen) atoms. The molecule has 96 valence electrons. The van der Waals surface area contributed by atoms with Crippen LogP contribution < -0.4 is 11.1 Å². The molecule has 1 aliphatic rings. The molecule has 3 N–H and O–H groups in total. The zero-order valence-corrected chi connectivity index (χ0v) is 11.7. The summed E-state index contributed by atoms with van der Waals surface area (Å²) in [6.45, 7) is 2.59. The maximum Gasteiger partial charge on any atom is 0.169 e. The van der Waals surface area contributed by atoms with E-state index in [0.29, 0.717) is 12.5 Å². The molecule has 0 amide bonds. The van der Waals surface area contributed by atoms with Crippen molar-refractivity contribution in [3.63, 3.8) is 0 Å². The predicted octanol–water partition coefficient (Wildman–Crippen LogP) is 1.42. The number of rotatable bonds is 2. The van der Waals surface area contributed by atoms with Crippen LogP contribution in [-0.4, -0.2) is 27.7 Å². The number of nitrogens with two attached hydrogens (primary N) is 1. The van der Waals surface area contributed by atoms with Gasteiger partial charge in [0, 0.05) is 18.7 Å². The minimum Gasteiger partial charge on any atom is -0.325 e. The molecule has 6 heteroatoms. The van der Waals surface area contributed by atoms with Crippen LogP contribution in [0.2, 0.25) is 0 Å². The lowest BCUT2D eigenvalue weighted by atomic mass is 9.95. The van der Waals surface area contributed by atoms with Gasteiger partial charge < -0.3 is 11.1 Å². The summed E-state index contributed by atoms with van der Waals surface area (Å²) in [5, 5.41) is 8.08. The fourth-order valence-electron chi connectivity index (χ4n) is 2.49. The third-order valence-corrected chi connectivity index (χ3v) is 4.26. The van der Waals surface area contributed by atoms with Crippen molar-refractivity contribution in [3.8, 4) is 0 Å². The van der Waals surface area contributed by atoms with Crippen LogP contribution in [0.3, 0.4) is 0 Å². The molecule has 0 aliphatic carbocycles. The number of nitrogens with zero attached hydrogens (tertiary/aromatic N) is 3. The monoisotopic (exact) mass is 309 g/mol. The number of hydrogen-bond donors (Lipinski definition) is 2. The van der Waals surface area contributed by atoms with E-state index in [1.807, 2.05) is 10.6 Å². The molecule has 5 nitrogen and oxygen atoms in total. The predicted molar refractivity (Wildman–Crippen MR) is 73.4 cm³/mol. The van der Waals surface area contributed by atoms with Gasteiger partial charge in [-0.25, -0.2) is 9.50 Å². The van der Waals surface area contributed by atoms with Crippen molar-refractivity contribution in [2.24, 2.45) is 5.73 Å². The van der Waals surface area contributed by atoms with E-state index < -0.39 is 0 Å². The van der Waals surface area contributed by atoms with E-state index in [1.54, 1.807) is 6.20 Å². The van der Waals surface area contributed by atoms with Gasteiger partial charge in [-0.3, -0.25) is 0 Å². The van der Waals surface area contributed by atoms with Gasteiger partial charge in [0.25, 0.3) is 0 Å². The minimum atomic E-state index is 0.471. The molecule has 0 bridgehead atoms. The maximum absolute atomic E-state index is 5.74. The molecule has 2 aromatic heterocycles. The van der Waals surface area contributed by atoms with Crippen molar-refractivity contribution in [1.82, 2.24) is 19.9 Å². The molecule has 0 atom stereocenters. The van der Waals surface area contributed by atoms with Crippen molar-refractivity contribution in [2.75, 3.05) is 13.1 Å². The molecule has 0 spiro atoms. The van der Waals surface area contributed by atoms with Crippen LogP contribution in [0.1, 0.15) is 30.1 Å². The standard InChI is InChI=1S/C12H16BrN5/c13-10-11(8-1-4-15-5-2-8)17-18-9(7-14)3-6-16-12(10)18/h3,6,8,15H,1-2,4-5,7,14H2. The summed E-state index contributed by atoms with van der Waals surface area (Å²) >= 11 is 3.64. The van der Waals surface area contributed by atoms with E-state index in [-0.39, 0.29) is 0 Å². The smallest absolute Gasteiger partial charge is 0.169 e. The fourth-order valence-corrected chi connectivity index (χ4v) is 3.17. The molecule has 1 aliphatic heterocycles. The lowest BCUT2D eigenvalue weighted by molar-refractivity contribution is 0.450. The highest BCUT2D eigenvalue weighted by Gasteiger charge is 2.23. The molecule has 0 saturated carbocycles. The molecule has 2 aromatic rings. The Balaban J connectivity index is 2.09. The second-order valence-corrected chi connectivity index (χ2v) is 5.39. The summed E-state index contributed by atoms with van der Waals surface area (Å²) in [5.41, 5.74) is 8.71. The topological polar surface area (TPSA) is 68.2 Å². The number of fused-ring (bicyclic) bond motifs is 1. The first-order valence-corrected chi connectivity index (χ1v) is 7.03. The summed E-state index contributed by atoms with van der Waals surface area (Å²) in [4.78, 5) is 4.39. The highest BCUT2D eigenvalue weighted by Crippen LogP contribution is 2.32. The van der Waals surface area contributed by atoms with E-state index in [4.69, 9.17) is 10.8 Å². The Bertz CT molecular complexity index is 559. The SMILES string of the molecule is NCc1ccnc2c(Br)c(C3CCNCC3)nn12. The average Bonchev–Trinajstić information content (AvgIpc) is 2.77. The molecule has 1 saturated heterocycles. The van der Waals surface area contributed by atoms with Crippen molar-refractivity contribution in [2.45, 2.75) is 25.3 Å². The van der Waals surface area contributed by atoms with E-state index >= 15 is 0 Å². The van der Waals surface area contributed by atoms with Gasteiger partial charge in [-0.05, 0) is 47.9 Å². The normalized spacial score (nSPS) is 17.4. The van der Waals surface area contributed by atoms with Gasteiger partial charge in [-0.2, -0.15) is 5.10 Å². The third-order valence-electron chi connectivity index (χ3n) is 3.50. The first-order chi connectivity index (χ1) is 8.81. The van der Waals surface area contributed by atoms with Crippen LogP contribution in [0.4, 0.5) is 0 Å². The van der Waals surface area contributed by atoms with Crippen molar-refractivity contribution >= 4 is 21.6 Å². The van der Waals surface area contributed by atoms with Gasteiger partial charge in [0.1, 0.15) is 0 Å². The third kappa shape index (κ3) is 1.94. The number of piperidine rings is 1. The number of aromatic nitrogens is 3. The zero-order valence-electron chi connectivity index (χ0n) is 10.1. The average molecular weight is 310 g/mol. The Kier molecular flexibility index (Phi) is 3.32. The Morgan fingerprint density at radius 1 is 1.44 bits per heavy atom.